The molecule has 6 nitrogen and oxygen atoms in total. The molecule has 1 saturated heterocycles. The number of carbonyl (C=O) groups is 1. The van der Waals surface area contributed by atoms with Gasteiger partial charge in [-0.15, -0.1) is 0 Å². The van der Waals surface area contributed by atoms with E-state index in [1.165, 1.54) is 19.2 Å². The summed E-state index contributed by atoms with van der Waals surface area (Å²) in [6, 6.07) is 4.47. The highest BCUT2D eigenvalue weighted by atomic mass is 16.6. The largest absolute Gasteiger partial charge is 0.496 e. The number of nitro benzene ring substituents is 1. The zero-order chi connectivity index (χ0) is 13.8. The van der Waals surface area contributed by atoms with Gasteiger partial charge in [-0.25, -0.2) is 0 Å². The van der Waals surface area contributed by atoms with E-state index in [-0.39, 0.29) is 17.5 Å². The highest BCUT2D eigenvalue weighted by Gasteiger charge is 2.24. The van der Waals surface area contributed by atoms with Crippen LogP contribution in [0, 0.1) is 16.0 Å². The summed E-state index contributed by atoms with van der Waals surface area (Å²) in [5.41, 5.74) is 0.728. The van der Waals surface area contributed by atoms with Crippen molar-refractivity contribution in [2.24, 2.45) is 5.92 Å². The van der Waals surface area contributed by atoms with E-state index in [1.54, 1.807) is 6.07 Å². The van der Waals surface area contributed by atoms with Gasteiger partial charge in [-0.3, -0.25) is 14.9 Å². The van der Waals surface area contributed by atoms with Gasteiger partial charge in [0.15, 0.2) is 0 Å². The monoisotopic (exact) mass is 264 g/mol. The first kappa shape index (κ1) is 13.3. The van der Waals surface area contributed by atoms with Crippen LogP contribution < -0.4 is 10.1 Å². The molecule has 0 spiro atoms. The molecule has 19 heavy (non-hydrogen) atoms. The van der Waals surface area contributed by atoms with Crippen molar-refractivity contribution in [1.29, 1.82) is 0 Å². The molecule has 1 atom stereocenters. The summed E-state index contributed by atoms with van der Waals surface area (Å²) >= 11 is 0. The van der Waals surface area contributed by atoms with E-state index in [0.717, 1.165) is 12.8 Å². The van der Waals surface area contributed by atoms with Crippen molar-refractivity contribution in [3.8, 4) is 5.75 Å². The molecule has 1 heterocycles. The van der Waals surface area contributed by atoms with Crippen molar-refractivity contribution < 1.29 is 14.5 Å². The first-order chi connectivity index (χ1) is 9.11. The number of nitrogens with one attached hydrogen (secondary N) is 1. The Balaban J connectivity index is 2.23. The molecule has 6 heteroatoms. The minimum Gasteiger partial charge on any atom is -0.496 e. The van der Waals surface area contributed by atoms with Crippen LogP contribution in [0.4, 0.5) is 5.69 Å². The molecule has 1 N–H and O–H groups in total. The first-order valence-corrected chi connectivity index (χ1v) is 6.21. The van der Waals surface area contributed by atoms with Crippen LogP contribution in [-0.4, -0.2) is 24.5 Å². The molecule has 1 aliphatic rings. The molecule has 0 radical (unpaired) electrons. The molecular weight excluding hydrogens is 248 g/mol. The van der Waals surface area contributed by atoms with Crippen molar-refractivity contribution in [2.45, 2.75) is 19.3 Å². The van der Waals surface area contributed by atoms with Gasteiger partial charge in [-0.1, -0.05) is 0 Å². The fraction of sp³-hybridized carbons (Fsp3) is 0.462. The van der Waals surface area contributed by atoms with Crippen LogP contribution in [0.3, 0.4) is 0 Å². The number of amides is 1. The second-order valence-corrected chi connectivity index (χ2v) is 4.59. The smallest absolute Gasteiger partial charge is 0.269 e. The Morgan fingerprint density at radius 2 is 2.32 bits per heavy atom. The van der Waals surface area contributed by atoms with Crippen LogP contribution >= 0.6 is 0 Å². The molecule has 2 rings (SSSR count). The van der Waals surface area contributed by atoms with Crippen molar-refractivity contribution in [2.75, 3.05) is 13.7 Å². The number of non-ortho nitro benzene ring substituents is 1. The van der Waals surface area contributed by atoms with Gasteiger partial charge < -0.3 is 10.1 Å². The van der Waals surface area contributed by atoms with Crippen molar-refractivity contribution in [3.05, 3.63) is 33.9 Å². The normalized spacial score (nSPS) is 18.8. The quantitative estimate of drug-likeness (QED) is 0.662. The summed E-state index contributed by atoms with van der Waals surface area (Å²) in [6.07, 6.45) is 2.21. The number of piperidine rings is 1. The molecule has 1 fully saturated rings. The van der Waals surface area contributed by atoms with Crippen LogP contribution in [0.1, 0.15) is 18.4 Å². The highest BCUT2D eigenvalue weighted by Crippen LogP contribution is 2.28. The van der Waals surface area contributed by atoms with E-state index in [1.807, 2.05) is 0 Å². The second-order valence-electron chi connectivity index (χ2n) is 4.59. The minimum atomic E-state index is -0.441. The average molecular weight is 264 g/mol. The molecule has 1 unspecified atom stereocenters. The Kier molecular flexibility index (Phi) is 3.99. The van der Waals surface area contributed by atoms with Crippen LogP contribution in [0.15, 0.2) is 18.2 Å². The van der Waals surface area contributed by atoms with Gasteiger partial charge in [0.1, 0.15) is 5.75 Å². The summed E-state index contributed by atoms with van der Waals surface area (Å²) in [5.74, 6) is 0.466. The van der Waals surface area contributed by atoms with E-state index in [9.17, 15) is 14.9 Å². The summed E-state index contributed by atoms with van der Waals surface area (Å²) in [7, 11) is 1.52. The predicted molar refractivity (Wildman–Crippen MR) is 69.1 cm³/mol. The lowest BCUT2D eigenvalue weighted by Crippen LogP contribution is -2.37. The molecule has 1 aromatic rings. The van der Waals surface area contributed by atoms with Gasteiger partial charge in [-0.2, -0.15) is 0 Å². The lowest BCUT2D eigenvalue weighted by atomic mass is 9.91. The number of nitrogens with zero attached hydrogens (tertiary/aromatic N) is 1. The van der Waals surface area contributed by atoms with Gasteiger partial charge in [0, 0.05) is 30.2 Å². The molecular formula is C13H16N2O4. The van der Waals surface area contributed by atoms with Crippen molar-refractivity contribution in [1.82, 2.24) is 5.32 Å². The Morgan fingerprint density at radius 3 is 2.95 bits per heavy atom. The number of ether oxygens (including phenoxy) is 1. The van der Waals surface area contributed by atoms with E-state index < -0.39 is 4.92 Å². The van der Waals surface area contributed by atoms with Gasteiger partial charge in [-0.05, 0) is 25.3 Å². The third-order valence-corrected chi connectivity index (χ3v) is 3.34. The van der Waals surface area contributed by atoms with Gasteiger partial charge in [0.05, 0.1) is 12.0 Å². The maximum atomic E-state index is 11.7. The molecule has 1 aromatic carbocycles. The number of rotatable bonds is 4. The zero-order valence-corrected chi connectivity index (χ0v) is 10.7. The third-order valence-electron chi connectivity index (χ3n) is 3.34. The number of benzene rings is 1. The SMILES string of the molecule is COc1ccc([N+](=O)[O-])cc1CC1CCCNC1=O. The topological polar surface area (TPSA) is 81.5 Å². The Hall–Kier alpha value is -2.11. The van der Waals surface area contributed by atoms with E-state index in [2.05, 4.69) is 5.32 Å². The lowest BCUT2D eigenvalue weighted by molar-refractivity contribution is -0.384. The van der Waals surface area contributed by atoms with Crippen molar-refractivity contribution >= 4 is 11.6 Å². The maximum Gasteiger partial charge on any atom is 0.269 e. The van der Waals surface area contributed by atoms with E-state index >= 15 is 0 Å². The van der Waals surface area contributed by atoms with Crippen LogP contribution in [-0.2, 0) is 11.2 Å². The van der Waals surface area contributed by atoms with Crippen LogP contribution in [0.2, 0.25) is 0 Å². The lowest BCUT2D eigenvalue weighted by Gasteiger charge is -2.22. The minimum absolute atomic E-state index is 0.0137. The Bertz CT molecular complexity index is 501. The highest BCUT2D eigenvalue weighted by molar-refractivity contribution is 5.79. The summed E-state index contributed by atoms with van der Waals surface area (Å²) in [6.45, 7) is 0.710. The molecule has 0 aromatic heterocycles. The molecule has 1 aliphatic heterocycles. The third kappa shape index (κ3) is 3.01. The second kappa shape index (κ2) is 5.69. The van der Waals surface area contributed by atoms with E-state index in [4.69, 9.17) is 4.74 Å². The Labute approximate surface area is 110 Å². The van der Waals surface area contributed by atoms with Gasteiger partial charge in [0.25, 0.3) is 5.69 Å². The number of hydrogen-bond acceptors (Lipinski definition) is 4. The fourth-order valence-corrected chi connectivity index (χ4v) is 2.33. The van der Waals surface area contributed by atoms with Gasteiger partial charge >= 0.3 is 0 Å². The molecule has 0 aliphatic carbocycles. The zero-order valence-electron chi connectivity index (χ0n) is 10.7. The standard InChI is InChI=1S/C13H16N2O4/c1-19-12-5-4-11(15(17)18)8-10(12)7-9-3-2-6-14-13(9)16/h4-5,8-9H,2-3,6-7H2,1H3,(H,14,16). The molecule has 0 saturated carbocycles. The fourth-order valence-electron chi connectivity index (χ4n) is 2.33. The summed E-state index contributed by atoms with van der Waals surface area (Å²) in [5, 5.41) is 13.6. The molecule has 0 bridgehead atoms. The number of nitro groups is 1. The number of carbonyl (C=O) groups excluding carboxylic acids is 1. The van der Waals surface area contributed by atoms with E-state index in [0.29, 0.717) is 24.3 Å². The van der Waals surface area contributed by atoms with Crippen LogP contribution in [0.5, 0.6) is 5.75 Å². The molecule has 1 amide bonds. The molecule has 102 valence electrons. The predicted octanol–water partition coefficient (Wildman–Crippen LogP) is 1.67. The number of methoxy groups -OCH3 is 1. The average Bonchev–Trinajstić information content (AvgIpc) is 2.41. The number of hydrogen-bond donors (Lipinski definition) is 1. The summed E-state index contributed by atoms with van der Waals surface area (Å²) < 4.78 is 5.20. The van der Waals surface area contributed by atoms with Crippen LogP contribution in [0.25, 0.3) is 0 Å². The van der Waals surface area contributed by atoms with Crippen molar-refractivity contribution in [3.63, 3.8) is 0 Å². The Morgan fingerprint density at radius 1 is 1.53 bits per heavy atom. The van der Waals surface area contributed by atoms with Gasteiger partial charge in [0.2, 0.25) is 5.91 Å². The maximum absolute atomic E-state index is 11.7. The first-order valence-electron chi connectivity index (χ1n) is 6.21. The summed E-state index contributed by atoms with van der Waals surface area (Å²) in [4.78, 5) is 22.1.